The van der Waals surface area contributed by atoms with Crippen LogP contribution in [0.25, 0.3) is 11.1 Å². The second-order valence-electron chi connectivity index (χ2n) is 7.04. The van der Waals surface area contributed by atoms with E-state index in [9.17, 15) is 0 Å². The number of hydrogen-bond donors (Lipinski definition) is 0. The van der Waals surface area contributed by atoms with Gasteiger partial charge in [-0.2, -0.15) is 0 Å². The number of hydrogen-bond acceptors (Lipinski definition) is 5. The van der Waals surface area contributed by atoms with Crippen LogP contribution in [0.15, 0.2) is 53.5 Å². The van der Waals surface area contributed by atoms with Crippen LogP contribution in [0.1, 0.15) is 31.9 Å². The molecule has 1 aliphatic rings. The molecule has 0 aromatic heterocycles. The molecule has 0 atom stereocenters. The van der Waals surface area contributed by atoms with E-state index in [-0.39, 0.29) is 5.54 Å². The van der Waals surface area contributed by atoms with Crippen molar-refractivity contribution in [1.82, 2.24) is 0 Å². The van der Waals surface area contributed by atoms with Gasteiger partial charge < -0.3 is 18.9 Å². The Bertz CT molecular complexity index is 807. The topological polar surface area (TPSA) is 49.3 Å². The molecule has 27 heavy (non-hydrogen) atoms. The van der Waals surface area contributed by atoms with Crippen molar-refractivity contribution in [2.24, 2.45) is 4.99 Å². The van der Waals surface area contributed by atoms with Gasteiger partial charge in [0.05, 0.1) is 5.54 Å². The van der Waals surface area contributed by atoms with E-state index in [1.165, 1.54) is 0 Å². The van der Waals surface area contributed by atoms with Gasteiger partial charge in [0.15, 0.2) is 0 Å². The number of nitrogens with zero attached hydrogens (tertiary/aromatic N) is 1. The van der Waals surface area contributed by atoms with Crippen molar-refractivity contribution in [1.29, 1.82) is 0 Å². The summed E-state index contributed by atoms with van der Waals surface area (Å²) < 4.78 is 22.6. The highest BCUT2D eigenvalue weighted by molar-refractivity contribution is 6.01. The van der Waals surface area contributed by atoms with Gasteiger partial charge in [0.2, 0.25) is 5.90 Å². The lowest BCUT2D eigenvalue weighted by Crippen LogP contribution is -2.34. The first-order valence-electron chi connectivity index (χ1n) is 9.12. The molecule has 0 unspecified atom stereocenters. The largest absolute Gasteiger partial charge is 0.475 e. The van der Waals surface area contributed by atoms with E-state index in [1.54, 1.807) is 14.2 Å². The fraction of sp³-hybridized carbons (Fsp3) is 0.409. The van der Waals surface area contributed by atoms with Crippen LogP contribution in [0.3, 0.4) is 0 Å². The van der Waals surface area contributed by atoms with Gasteiger partial charge in [0, 0.05) is 32.0 Å². The maximum absolute atomic E-state index is 5.85. The smallest absolute Gasteiger partial charge is 0.311 e. The molecule has 5 heteroatoms. The van der Waals surface area contributed by atoms with Crippen LogP contribution < -0.4 is 0 Å². The molecule has 0 N–H and O–H groups in total. The standard InChI is InChI=1S/C22H27NO4/c1-6-27-22(24-4,25-5)17-13-11-16(12-14-17)18-9-7-8-10-19(18)20-23-21(2,3)15-26-20/h7-14H,6,15H2,1-5H3. The van der Waals surface area contributed by atoms with Crippen LogP contribution in [-0.2, 0) is 24.9 Å². The quantitative estimate of drug-likeness (QED) is 0.681. The molecule has 144 valence electrons. The molecule has 0 saturated carbocycles. The Labute approximate surface area is 160 Å². The average Bonchev–Trinajstić information content (AvgIpc) is 3.06. The molecule has 1 aliphatic heterocycles. The summed E-state index contributed by atoms with van der Waals surface area (Å²) in [6.07, 6.45) is 0. The highest BCUT2D eigenvalue weighted by Gasteiger charge is 2.33. The summed E-state index contributed by atoms with van der Waals surface area (Å²) >= 11 is 0. The van der Waals surface area contributed by atoms with E-state index in [4.69, 9.17) is 23.9 Å². The van der Waals surface area contributed by atoms with Crippen molar-refractivity contribution in [3.8, 4) is 11.1 Å². The maximum Gasteiger partial charge on any atom is 0.311 e. The molecular formula is C22H27NO4. The van der Waals surface area contributed by atoms with Gasteiger partial charge in [0.1, 0.15) is 6.61 Å². The summed E-state index contributed by atoms with van der Waals surface area (Å²) in [7, 11) is 3.14. The minimum absolute atomic E-state index is 0.194. The van der Waals surface area contributed by atoms with Gasteiger partial charge in [-0.05, 0) is 38.0 Å². The molecule has 0 fully saturated rings. The SMILES string of the molecule is CCOC(OC)(OC)c1ccc(-c2ccccc2C2=NC(C)(C)CO2)cc1. The van der Waals surface area contributed by atoms with Crippen LogP contribution >= 0.6 is 0 Å². The summed E-state index contributed by atoms with van der Waals surface area (Å²) in [5.41, 5.74) is 3.72. The molecule has 0 aliphatic carbocycles. The minimum Gasteiger partial charge on any atom is -0.475 e. The molecule has 2 aromatic rings. The lowest BCUT2D eigenvalue weighted by atomic mass is 9.98. The van der Waals surface area contributed by atoms with Crippen LogP contribution in [0.5, 0.6) is 0 Å². The van der Waals surface area contributed by atoms with Crippen LogP contribution in [0, 0.1) is 0 Å². The number of aliphatic imine (C=N–C) groups is 1. The summed E-state index contributed by atoms with van der Waals surface area (Å²) in [5, 5.41) is 0. The number of benzene rings is 2. The molecule has 3 rings (SSSR count). The van der Waals surface area contributed by atoms with Gasteiger partial charge in [-0.3, -0.25) is 0 Å². The van der Waals surface area contributed by atoms with Crippen molar-refractivity contribution < 1.29 is 18.9 Å². The molecule has 0 saturated heterocycles. The molecule has 0 bridgehead atoms. The number of ether oxygens (including phenoxy) is 4. The zero-order valence-electron chi connectivity index (χ0n) is 16.6. The third-order valence-electron chi connectivity index (χ3n) is 4.55. The average molecular weight is 369 g/mol. The van der Waals surface area contributed by atoms with E-state index in [1.807, 2.05) is 49.4 Å². The number of rotatable bonds is 7. The first kappa shape index (κ1) is 19.5. The van der Waals surface area contributed by atoms with Gasteiger partial charge in [-0.25, -0.2) is 4.99 Å². The molecule has 0 radical (unpaired) electrons. The van der Waals surface area contributed by atoms with Gasteiger partial charge >= 0.3 is 5.97 Å². The van der Waals surface area contributed by atoms with E-state index >= 15 is 0 Å². The summed E-state index contributed by atoms with van der Waals surface area (Å²) in [5.74, 6) is -0.507. The van der Waals surface area contributed by atoms with Crippen LogP contribution in [0.4, 0.5) is 0 Å². The Hall–Kier alpha value is -2.21. The Balaban J connectivity index is 1.97. The molecule has 0 amide bonds. The highest BCUT2D eigenvalue weighted by atomic mass is 16.9. The molecule has 0 spiro atoms. The normalized spacial score (nSPS) is 16.1. The van der Waals surface area contributed by atoms with Crippen molar-refractivity contribution in [2.75, 3.05) is 27.4 Å². The van der Waals surface area contributed by atoms with Crippen LogP contribution in [-0.4, -0.2) is 38.9 Å². The Morgan fingerprint density at radius 3 is 2.15 bits per heavy atom. The van der Waals surface area contributed by atoms with E-state index in [0.29, 0.717) is 19.1 Å². The summed E-state index contributed by atoms with van der Waals surface area (Å²) in [4.78, 5) is 4.72. The van der Waals surface area contributed by atoms with Crippen molar-refractivity contribution >= 4 is 5.90 Å². The Morgan fingerprint density at radius 2 is 1.63 bits per heavy atom. The lowest BCUT2D eigenvalue weighted by molar-refractivity contribution is -0.373. The fourth-order valence-electron chi connectivity index (χ4n) is 3.21. The third-order valence-corrected chi connectivity index (χ3v) is 4.55. The predicted molar refractivity (Wildman–Crippen MR) is 106 cm³/mol. The van der Waals surface area contributed by atoms with Gasteiger partial charge in [0.25, 0.3) is 0 Å². The van der Waals surface area contributed by atoms with Crippen molar-refractivity contribution in [2.45, 2.75) is 32.3 Å². The third kappa shape index (κ3) is 3.90. The Kier molecular flexibility index (Phi) is 5.65. The van der Waals surface area contributed by atoms with E-state index in [0.717, 1.165) is 22.3 Å². The first-order chi connectivity index (χ1) is 12.9. The molecule has 1 heterocycles. The summed E-state index contributed by atoms with van der Waals surface area (Å²) in [6, 6.07) is 16.1. The second-order valence-corrected chi connectivity index (χ2v) is 7.04. The maximum atomic E-state index is 5.85. The monoisotopic (exact) mass is 369 g/mol. The van der Waals surface area contributed by atoms with Crippen LogP contribution in [0.2, 0.25) is 0 Å². The first-order valence-corrected chi connectivity index (χ1v) is 9.12. The lowest BCUT2D eigenvalue weighted by Gasteiger charge is -2.30. The van der Waals surface area contributed by atoms with Crippen molar-refractivity contribution in [3.63, 3.8) is 0 Å². The zero-order chi connectivity index (χ0) is 19.5. The summed E-state index contributed by atoms with van der Waals surface area (Å²) in [6.45, 7) is 7.11. The molecule has 2 aromatic carbocycles. The highest BCUT2D eigenvalue weighted by Crippen LogP contribution is 2.32. The molecular weight excluding hydrogens is 342 g/mol. The van der Waals surface area contributed by atoms with E-state index < -0.39 is 5.97 Å². The van der Waals surface area contributed by atoms with Gasteiger partial charge in [-0.15, -0.1) is 0 Å². The Morgan fingerprint density at radius 1 is 1.00 bits per heavy atom. The predicted octanol–water partition coefficient (Wildman–Crippen LogP) is 4.35. The number of methoxy groups -OCH3 is 2. The minimum atomic E-state index is -1.20. The fourth-order valence-corrected chi connectivity index (χ4v) is 3.21. The second kappa shape index (κ2) is 7.80. The van der Waals surface area contributed by atoms with Crippen molar-refractivity contribution in [3.05, 3.63) is 59.7 Å². The van der Waals surface area contributed by atoms with E-state index in [2.05, 4.69) is 19.9 Å². The zero-order valence-corrected chi connectivity index (χ0v) is 16.6. The van der Waals surface area contributed by atoms with Gasteiger partial charge in [-0.1, -0.05) is 42.5 Å². The molecule has 5 nitrogen and oxygen atoms in total.